The van der Waals surface area contributed by atoms with Crippen LogP contribution in [0.15, 0.2) is 24.3 Å². The van der Waals surface area contributed by atoms with Crippen molar-refractivity contribution in [2.45, 2.75) is 25.8 Å². The third-order valence-corrected chi connectivity index (χ3v) is 2.98. The van der Waals surface area contributed by atoms with Gasteiger partial charge in [0.1, 0.15) is 0 Å². The Kier molecular flexibility index (Phi) is 3.03. The molecule has 0 saturated heterocycles. The first-order valence-corrected chi connectivity index (χ1v) is 5.49. The van der Waals surface area contributed by atoms with Crippen LogP contribution in [0.25, 0.3) is 0 Å². The summed E-state index contributed by atoms with van der Waals surface area (Å²) in [5.74, 6) is 0.105. The maximum Gasteiger partial charge on any atom is 0.0666 e. The largest absolute Gasteiger partial charge is 0.312 e. The normalized spacial score (nSPS) is 17.1. The molecule has 1 N–H and O–H groups in total. The topological polar surface area (TPSA) is 35.8 Å². The Morgan fingerprint density at radius 3 is 2.53 bits per heavy atom. The quantitative estimate of drug-likeness (QED) is 0.809. The molecule has 0 bridgehead atoms. The number of nitriles is 1. The molecule has 0 amide bonds. The summed E-state index contributed by atoms with van der Waals surface area (Å²) in [7, 11) is 0. The Labute approximate surface area is 90.9 Å². The monoisotopic (exact) mass is 200 g/mol. The second-order valence-corrected chi connectivity index (χ2v) is 4.31. The molecule has 15 heavy (non-hydrogen) atoms. The molecule has 0 spiro atoms. The number of fused-ring (bicyclic) bond motifs is 1. The summed E-state index contributed by atoms with van der Waals surface area (Å²) in [6.07, 6.45) is 2.21. The van der Waals surface area contributed by atoms with Gasteiger partial charge in [0.25, 0.3) is 0 Å². The molecule has 0 saturated carbocycles. The van der Waals surface area contributed by atoms with Crippen molar-refractivity contribution in [3.05, 3.63) is 35.4 Å². The number of hydrogen-bond donors (Lipinski definition) is 1. The van der Waals surface area contributed by atoms with Crippen molar-refractivity contribution in [2.24, 2.45) is 5.92 Å². The van der Waals surface area contributed by atoms with E-state index in [9.17, 15) is 0 Å². The van der Waals surface area contributed by atoms with Crippen LogP contribution in [-0.2, 0) is 12.8 Å². The third-order valence-electron chi connectivity index (χ3n) is 2.98. The van der Waals surface area contributed by atoms with Gasteiger partial charge in [0.15, 0.2) is 0 Å². The van der Waals surface area contributed by atoms with E-state index >= 15 is 0 Å². The van der Waals surface area contributed by atoms with Gasteiger partial charge in [-0.1, -0.05) is 24.3 Å². The van der Waals surface area contributed by atoms with E-state index in [2.05, 4.69) is 35.7 Å². The highest BCUT2D eigenvalue weighted by molar-refractivity contribution is 5.33. The van der Waals surface area contributed by atoms with Gasteiger partial charge in [-0.05, 0) is 30.9 Å². The van der Waals surface area contributed by atoms with E-state index < -0.39 is 0 Å². The van der Waals surface area contributed by atoms with Crippen LogP contribution in [0.2, 0.25) is 0 Å². The van der Waals surface area contributed by atoms with Crippen molar-refractivity contribution in [1.82, 2.24) is 5.32 Å². The minimum Gasteiger partial charge on any atom is -0.312 e. The molecule has 1 aromatic rings. The van der Waals surface area contributed by atoms with Crippen molar-refractivity contribution < 1.29 is 0 Å². The molecule has 78 valence electrons. The third kappa shape index (κ3) is 2.37. The Morgan fingerprint density at radius 1 is 1.40 bits per heavy atom. The predicted molar refractivity (Wildman–Crippen MR) is 60.4 cm³/mol. The molecule has 0 radical (unpaired) electrons. The predicted octanol–water partition coefficient (Wildman–Crippen LogP) is 1.90. The summed E-state index contributed by atoms with van der Waals surface area (Å²) < 4.78 is 0. The molecule has 0 fully saturated rings. The molecule has 1 aromatic carbocycles. The van der Waals surface area contributed by atoms with Gasteiger partial charge in [0.2, 0.25) is 0 Å². The fourth-order valence-corrected chi connectivity index (χ4v) is 2.09. The van der Waals surface area contributed by atoms with Crippen molar-refractivity contribution in [1.29, 1.82) is 5.26 Å². The van der Waals surface area contributed by atoms with Gasteiger partial charge < -0.3 is 5.32 Å². The van der Waals surface area contributed by atoms with Crippen LogP contribution in [0.4, 0.5) is 0 Å². The number of nitrogens with one attached hydrogen (secondary N) is 1. The molecule has 0 heterocycles. The lowest BCUT2D eigenvalue weighted by molar-refractivity contribution is 0.499. The average molecular weight is 200 g/mol. The summed E-state index contributed by atoms with van der Waals surface area (Å²) in [4.78, 5) is 0. The zero-order valence-corrected chi connectivity index (χ0v) is 9.03. The number of rotatable bonds is 3. The van der Waals surface area contributed by atoms with Gasteiger partial charge in [0.05, 0.1) is 12.0 Å². The van der Waals surface area contributed by atoms with E-state index in [1.54, 1.807) is 0 Å². The lowest BCUT2D eigenvalue weighted by Gasteiger charge is -2.12. The van der Waals surface area contributed by atoms with Crippen LogP contribution in [0.5, 0.6) is 0 Å². The van der Waals surface area contributed by atoms with Gasteiger partial charge in [-0.3, -0.25) is 0 Å². The maximum atomic E-state index is 8.69. The smallest absolute Gasteiger partial charge is 0.0666 e. The summed E-state index contributed by atoms with van der Waals surface area (Å²) in [5, 5.41) is 12.1. The first-order valence-electron chi connectivity index (χ1n) is 5.49. The second kappa shape index (κ2) is 4.46. The summed E-state index contributed by atoms with van der Waals surface area (Å²) in [5.41, 5.74) is 2.92. The Balaban J connectivity index is 1.89. The highest BCUT2D eigenvalue weighted by Crippen LogP contribution is 2.21. The maximum absolute atomic E-state index is 8.69. The Morgan fingerprint density at radius 2 is 2.00 bits per heavy atom. The van der Waals surface area contributed by atoms with Crippen LogP contribution in [0, 0.1) is 17.2 Å². The average Bonchev–Trinajstić information content (AvgIpc) is 2.68. The van der Waals surface area contributed by atoms with Gasteiger partial charge >= 0.3 is 0 Å². The minimum atomic E-state index is 0.105. The molecule has 1 unspecified atom stereocenters. The zero-order valence-electron chi connectivity index (χ0n) is 9.03. The molecular weight excluding hydrogens is 184 g/mol. The molecule has 2 rings (SSSR count). The lowest BCUT2D eigenvalue weighted by atomic mass is 10.1. The van der Waals surface area contributed by atoms with E-state index in [1.807, 2.05) is 6.92 Å². The van der Waals surface area contributed by atoms with Crippen LogP contribution in [0.1, 0.15) is 18.1 Å². The van der Waals surface area contributed by atoms with Crippen molar-refractivity contribution in [3.8, 4) is 6.07 Å². The molecule has 0 aliphatic heterocycles. The van der Waals surface area contributed by atoms with E-state index in [0.29, 0.717) is 6.04 Å². The summed E-state index contributed by atoms with van der Waals surface area (Å²) >= 11 is 0. The van der Waals surface area contributed by atoms with Crippen LogP contribution in [-0.4, -0.2) is 12.6 Å². The number of nitrogens with zero attached hydrogens (tertiary/aromatic N) is 1. The van der Waals surface area contributed by atoms with Crippen LogP contribution >= 0.6 is 0 Å². The fraction of sp³-hybridized carbons (Fsp3) is 0.462. The standard InChI is InChI=1S/C13H16N2/c1-10(8-14)9-15-13-6-11-4-2-3-5-12(11)7-13/h2-5,10,13,15H,6-7,9H2,1H3. The van der Waals surface area contributed by atoms with E-state index in [4.69, 9.17) is 5.26 Å². The molecule has 1 atom stereocenters. The molecule has 0 aromatic heterocycles. The van der Waals surface area contributed by atoms with Gasteiger partial charge in [-0.15, -0.1) is 0 Å². The highest BCUT2D eigenvalue weighted by Gasteiger charge is 2.20. The number of hydrogen-bond acceptors (Lipinski definition) is 2. The first-order chi connectivity index (χ1) is 7.29. The summed E-state index contributed by atoms with van der Waals surface area (Å²) in [6.45, 7) is 2.75. The van der Waals surface area contributed by atoms with Crippen molar-refractivity contribution in [3.63, 3.8) is 0 Å². The fourth-order valence-electron chi connectivity index (χ4n) is 2.09. The van der Waals surface area contributed by atoms with Gasteiger partial charge in [-0.25, -0.2) is 0 Å². The van der Waals surface area contributed by atoms with Gasteiger partial charge in [-0.2, -0.15) is 5.26 Å². The highest BCUT2D eigenvalue weighted by atomic mass is 14.9. The van der Waals surface area contributed by atoms with E-state index in [1.165, 1.54) is 11.1 Å². The summed E-state index contributed by atoms with van der Waals surface area (Å²) in [6, 6.07) is 11.4. The zero-order chi connectivity index (χ0) is 10.7. The lowest BCUT2D eigenvalue weighted by Crippen LogP contribution is -2.32. The molecular formula is C13H16N2. The second-order valence-electron chi connectivity index (χ2n) is 4.31. The molecule has 1 aliphatic rings. The first kappa shape index (κ1) is 10.2. The van der Waals surface area contributed by atoms with E-state index in [-0.39, 0.29) is 5.92 Å². The van der Waals surface area contributed by atoms with Gasteiger partial charge in [0, 0.05) is 12.6 Å². The van der Waals surface area contributed by atoms with Crippen LogP contribution in [0.3, 0.4) is 0 Å². The molecule has 2 heteroatoms. The molecule has 1 aliphatic carbocycles. The SMILES string of the molecule is CC(C#N)CNC1Cc2ccccc2C1. The van der Waals surface area contributed by atoms with Crippen LogP contribution < -0.4 is 5.32 Å². The van der Waals surface area contributed by atoms with E-state index in [0.717, 1.165) is 19.4 Å². The van der Waals surface area contributed by atoms with Crippen molar-refractivity contribution >= 4 is 0 Å². The Hall–Kier alpha value is -1.33. The Bertz CT molecular complexity index is 353. The minimum absolute atomic E-state index is 0.105. The number of benzene rings is 1. The molecule has 2 nitrogen and oxygen atoms in total. The van der Waals surface area contributed by atoms with Crippen molar-refractivity contribution in [2.75, 3.05) is 6.54 Å².